The largest absolute Gasteiger partial charge is 0.389 e. The summed E-state index contributed by atoms with van der Waals surface area (Å²) in [6.45, 7) is 0. The number of benzene rings is 1. The molecular weight excluding hydrogens is 176 g/mol. The van der Waals surface area contributed by atoms with Crippen LogP contribution in [0.2, 0.25) is 0 Å². The van der Waals surface area contributed by atoms with Crippen LogP contribution in [0.15, 0.2) is 36.4 Å². The highest BCUT2D eigenvalue weighted by Gasteiger charge is 2.20. The standard InChI is InChI=1S/C12H14O2/c13-10-6-7-12(14)11(8-10)9-4-2-1-3-5-9/h1-5,8,10,12-14H,6-7H2. The number of aliphatic hydroxyl groups excluding tert-OH is 2. The fourth-order valence-electron chi connectivity index (χ4n) is 1.81. The number of hydrogen-bond acceptors (Lipinski definition) is 2. The first kappa shape index (κ1) is 9.44. The second-order valence-electron chi connectivity index (χ2n) is 3.65. The molecule has 2 unspecified atom stereocenters. The monoisotopic (exact) mass is 190 g/mol. The van der Waals surface area contributed by atoms with Crippen LogP contribution in [0.5, 0.6) is 0 Å². The first-order chi connectivity index (χ1) is 6.77. The molecule has 0 heterocycles. The van der Waals surface area contributed by atoms with Gasteiger partial charge in [0.1, 0.15) is 0 Å². The molecule has 2 atom stereocenters. The third-order valence-corrected chi connectivity index (χ3v) is 2.57. The van der Waals surface area contributed by atoms with Crippen LogP contribution in [0.1, 0.15) is 18.4 Å². The maximum absolute atomic E-state index is 9.76. The Bertz CT molecular complexity index is 329. The van der Waals surface area contributed by atoms with Crippen molar-refractivity contribution in [3.63, 3.8) is 0 Å². The number of hydrogen-bond donors (Lipinski definition) is 2. The van der Waals surface area contributed by atoms with E-state index < -0.39 is 12.2 Å². The Morgan fingerprint density at radius 2 is 1.71 bits per heavy atom. The highest BCUT2D eigenvalue weighted by Crippen LogP contribution is 2.27. The summed E-state index contributed by atoms with van der Waals surface area (Å²) in [5.41, 5.74) is 1.85. The topological polar surface area (TPSA) is 40.5 Å². The summed E-state index contributed by atoms with van der Waals surface area (Å²) in [4.78, 5) is 0. The van der Waals surface area contributed by atoms with Crippen molar-refractivity contribution < 1.29 is 10.2 Å². The van der Waals surface area contributed by atoms with Crippen LogP contribution in [0.25, 0.3) is 5.57 Å². The van der Waals surface area contributed by atoms with Crippen molar-refractivity contribution in [3.8, 4) is 0 Å². The Kier molecular flexibility index (Phi) is 2.66. The molecule has 2 N–H and O–H groups in total. The van der Waals surface area contributed by atoms with Crippen LogP contribution in [-0.4, -0.2) is 22.4 Å². The molecule has 1 aromatic rings. The summed E-state index contributed by atoms with van der Waals surface area (Å²) < 4.78 is 0. The highest BCUT2D eigenvalue weighted by atomic mass is 16.3. The molecule has 74 valence electrons. The highest BCUT2D eigenvalue weighted by molar-refractivity contribution is 5.69. The van der Waals surface area contributed by atoms with E-state index in [0.717, 1.165) is 11.1 Å². The Labute approximate surface area is 83.5 Å². The Morgan fingerprint density at radius 1 is 1.00 bits per heavy atom. The summed E-state index contributed by atoms with van der Waals surface area (Å²) in [6.07, 6.45) is 2.21. The van der Waals surface area contributed by atoms with E-state index in [1.165, 1.54) is 0 Å². The average molecular weight is 190 g/mol. The van der Waals surface area contributed by atoms with E-state index >= 15 is 0 Å². The van der Waals surface area contributed by atoms with Gasteiger partial charge in [0.25, 0.3) is 0 Å². The molecule has 2 nitrogen and oxygen atoms in total. The van der Waals surface area contributed by atoms with Crippen LogP contribution in [-0.2, 0) is 0 Å². The second kappa shape index (κ2) is 3.95. The van der Waals surface area contributed by atoms with E-state index in [0.29, 0.717) is 12.8 Å². The lowest BCUT2D eigenvalue weighted by molar-refractivity contribution is 0.153. The average Bonchev–Trinajstić information content (AvgIpc) is 2.23. The zero-order valence-corrected chi connectivity index (χ0v) is 7.93. The minimum Gasteiger partial charge on any atom is -0.389 e. The predicted molar refractivity (Wildman–Crippen MR) is 55.7 cm³/mol. The van der Waals surface area contributed by atoms with E-state index in [2.05, 4.69) is 0 Å². The van der Waals surface area contributed by atoms with Gasteiger partial charge >= 0.3 is 0 Å². The molecule has 0 fully saturated rings. The quantitative estimate of drug-likeness (QED) is 0.706. The van der Waals surface area contributed by atoms with E-state index in [1.807, 2.05) is 30.3 Å². The van der Waals surface area contributed by atoms with Gasteiger partial charge in [0.05, 0.1) is 12.2 Å². The van der Waals surface area contributed by atoms with Crippen molar-refractivity contribution in [1.29, 1.82) is 0 Å². The zero-order valence-electron chi connectivity index (χ0n) is 7.93. The fourth-order valence-corrected chi connectivity index (χ4v) is 1.81. The van der Waals surface area contributed by atoms with E-state index in [9.17, 15) is 10.2 Å². The summed E-state index contributed by atoms with van der Waals surface area (Å²) in [6, 6.07) is 9.71. The van der Waals surface area contributed by atoms with Gasteiger partial charge in [0.2, 0.25) is 0 Å². The molecule has 0 aliphatic heterocycles. The van der Waals surface area contributed by atoms with Gasteiger partial charge in [-0.2, -0.15) is 0 Å². The van der Waals surface area contributed by atoms with Gasteiger partial charge in [-0.05, 0) is 30.1 Å². The molecule has 1 aromatic carbocycles. The third-order valence-electron chi connectivity index (χ3n) is 2.57. The molecule has 0 amide bonds. The molecule has 0 saturated carbocycles. The van der Waals surface area contributed by atoms with E-state index in [1.54, 1.807) is 6.08 Å². The van der Waals surface area contributed by atoms with Gasteiger partial charge < -0.3 is 10.2 Å². The third kappa shape index (κ3) is 1.86. The Balaban J connectivity index is 2.33. The molecule has 0 bridgehead atoms. The van der Waals surface area contributed by atoms with Crippen LogP contribution in [0.3, 0.4) is 0 Å². The van der Waals surface area contributed by atoms with Crippen molar-refractivity contribution in [2.75, 3.05) is 0 Å². The SMILES string of the molecule is OC1C=C(c2ccccc2)C(O)CC1. The van der Waals surface area contributed by atoms with Gasteiger partial charge in [-0.1, -0.05) is 30.3 Å². The van der Waals surface area contributed by atoms with Gasteiger partial charge in [0, 0.05) is 0 Å². The van der Waals surface area contributed by atoms with Crippen molar-refractivity contribution in [2.45, 2.75) is 25.0 Å². The van der Waals surface area contributed by atoms with Gasteiger partial charge in [-0.15, -0.1) is 0 Å². The van der Waals surface area contributed by atoms with Gasteiger partial charge in [-0.25, -0.2) is 0 Å². The smallest absolute Gasteiger partial charge is 0.0794 e. The van der Waals surface area contributed by atoms with Crippen molar-refractivity contribution >= 4 is 5.57 Å². The lowest BCUT2D eigenvalue weighted by atomic mass is 9.90. The summed E-state index contributed by atoms with van der Waals surface area (Å²) in [5.74, 6) is 0. The molecule has 0 spiro atoms. The van der Waals surface area contributed by atoms with Gasteiger partial charge in [-0.3, -0.25) is 0 Å². The first-order valence-electron chi connectivity index (χ1n) is 4.90. The maximum atomic E-state index is 9.76. The first-order valence-corrected chi connectivity index (χ1v) is 4.90. The van der Waals surface area contributed by atoms with Crippen LogP contribution < -0.4 is 0 Å². The van der Waals surface area contributed by atoms with Crippen molar-refractivity contribution in [3.05, 3.63) is 42.0 Å². The van der Waals surface area contributed by atoms with Crippen LogP contribution in [0.4, 0.5) is 0 Å². The minimum absolute atomic E-state index is 0.409. The zero-order chi connectivity index (χ0) is 9.97. The Morgan fingerprint density at radius 3 is 2.43 bits per heavy atom. The maximum Gasteiger partial charge on any atom is 0.0794 e. The van der Waals surface area contributed by atoms with Crippen molar-refractivity contribution in [1.82, 2.24) is 0 Å². The molecule has 0 radical (unpaired) electrons. The summed E-state index contributed by atoms with van der Waals surface area (Å²) >= 11 is 0. The summed E-state index contributed by atoms with van der Waals surface area (Å²) in [7, 11) is 0. The fraction of sp³-hybridized carbons (Fsp3) is 0.333. The number of aliphatic hydroxyl groups is 2. The lowest BCUT2D eigenvalue weighted by Gasteiger charge is -2.22. The molecule has 1 aliphatic rings. The van der Waals surface area contributed by atoms with Gasteiger partial charge in [0.15, 0.2) is 0 Å². The second-order valence-corrected chi connectivity index (χ2v) is 3.65. The van der Waals surface area contributed by atoms with Crippen LogP contribution >= 0.6 is 0 Å². The number of rotatable bonds is 1. The molecule has 0 aromatic heterocycles. The molecule has 14 heavy (non-hydrogen) atoms. The molecule has 0 saturated heterocycles. The molecule has 1 aliphatic carbocycles. The molecule has 2 rings (SSSR count). The summed E-state index contributed by atoms with van der Waals surface area (Å²) in [5, 5.41) is 19.2. The van der Waals surface area contributed by atoms with E-state index in [-0.39, 0.29) is 0 Å². The van der Waals surface area contributed by atoms with E-state index in [4.69, 9.17) is 0 Å². The lowest BCUT2D eigenvalue weighted by Crippen LogP contribution is -2.20. The Hall–Kier alpha value is -1.12. The van der Waals surface area contributed by atoms with Crippen LogP contribution in [0, 0.1) is 0 Å². The predicted octanol–water partition coefficient (Wildman–Crippen LogP) is 1.59. The molecular formula is C12H14O2. The van der Waals surface area contributed by atoms with Crippen molar-refractivity contribution in [2.24, 2.45) is 0 Å². The molecule has 2 heteroatoms. The minimum atomic E-state index is -0.430. The normalized spacial score (nSPS) is 27.1.